The van der Waals surface area contributed by atoms with E-state index < -0.39 is 6.04 Å². The zero-order valence-corrected chi connectivity index (χ0v) is 22.5. The monoisotopic (exact) mass is 532 g/mol. The number of aryl methyl sites for hydroxylation is 1. The minimum absolute atomic E-state index is 0.0704. The number of amides is 2. The van der Waals surface area contributed by atoms with E-state index in [1.54, 1.807) is 11.8 Å². The Hall–Kier alpha value is -2.54. The van der Waals surface area contributed by atoms with Crippen LogP contribution in [0.15, 0.2) is 46.9 Å². The minimum atomic E-state index is -0.579. The fourth-order valence-electron chi connectivity index (χ4n) is 3.51. The number of carbonyl (C=O) groups is 2. The number of hydrogen-bond donors (Lipinski definition) is 1. The van der Waals surface area contributed by atoms with Gasteiger partial charge < -0.3 is 19.7 Å². The van der Waals surface area contributed by atoms with E-state index in [9.17, 15) is 9.59 Å². The van der Waals surface area contributed by atoms with Crippen LogP contribution in [0.25, 0.3) is 0 Å². The Bertz CT molecular complexity index is 948. The molecule has 2 amide bonds. The van der Waals surface area contributed by atoms with E-state index in [4.69, 9.17) is 9.47 Å². The average molecular weight is 534 g/mol. The van der Waals surface area contributed by atoms with Gasteiger partial charge in [-0.2, -0.15) is 0 Å². The van der Waals surface area contributed by atoms with Crippen molar-refractivity contribution in [1.29, 1.82) is 0 Å². The molecule has 7 heteroatoms. The van der Waals surface area contributed by atoms with Crippen LogP contribution in [0.2, 0.25) is 0 Å². The van der Waals surface area contributed by atoms with Crippen LogP contribution in [-0.2, 0) is 22.6 Å². The molecular formula is C27H37BrN2O4. The van der Waals surface area contributed by atoms with E-state index in [2.05, 4.69) is 21.2 Å². The molecule has 1 atom stereocenters. The molecule has 0 heterocycles. The molecule has 0 aromatic heterocycles. The van der Waals surface area contributed by atoms with E-state index in [0.717, 1.165) is 15.6 Å². The zero-order valence-electron chi connectivity index (χ0n) is 20.9. The first-order valence-electron chi connectivity index (χ1n) is 11.9. The smallest absolute Gasteiger partial charge is 0.242 e. The number of rotatable bonds is 13. The second kappa shape index (κ2) is 14.0. The van der Waals surface area contributed by atoms with Crippen molar-refractivity contribution in [2.24, 2.45) is 5.92 Å². The van der Waals surface area contributed by atoms with Crippen LogP contribution in [0.5, 0.6) is 11.5 Å². The lowest BCUT2D eigenvalue weighted by molar-refractivity contribution is -0.140. The molecule has 0 aliphatic rings. The molecule has 0 unspecified atom stereocenters. The molecular weight excluding hydrogens is 496 g/mol. The predicted molar refractivity (Wildman–Crippen MR) is 139 cm³/mol. The first-order valence-corrected chi connectivity index (χ1v) is 12.7. The standard InChI is InChI=1S/C27H37BrN2O4/c1-6-33-24-13-11-21(16-25(24)34-7-2)12-14-26(31)30(18-22-9-8-10-23(28)15-22)20(5)27(32)29-17-19(3)4/h8-11,13,15-16,19-20H,6-7,12,14,17-18H2,1-5H3,(H,29,32)/t20-/m1/s1. The summed E-state index contributed by atoms with van der Waals surface area (Å²) in [5.74, 6) is 1.51. The van der Waals surface area contributed by atoms with Gasteiger partial charge in [-0.15, -0.1) is 0 Å². The number of ether oxygens (including phenoxy) is 2. The van der Waals surface area contributed by atoms with Crippen LogP contribution in [0, 0.1) is 5.92 Å². The Labute approximate surface area is 212 Å². The average Bonchev–Trinajstić information content (AvgIpc) is 2.80. The van der Waals surface area contributed by atoms with E-state index in [0.29, 0.717) is 50.1 Å². The van der Waals surface area contributed by atoms with E-state index >= 15 is 0 Å². The molecule has 0 aliphatic heterocycles. The summed E-state index contributed by atoms with van der Waals surface area (Å²) in [7, 11) is 0. The van der Waals surface area contributed by atoms with Gasteiger partial charge in [-0.3, -0.25) is 9.59 Å². The third kappa shape index (κ3) is 8.67. The summed E-state index contributed by atoms with van der Waals surface area (Å²) in [4.78, 5) is 27.8. The molecule has 0 fully saturated rings. The Morgan fingerprint density at radius 1 is 0.971 bits per heavy atom. The van der Waals surface area contributed by atoms with Gasteiger partial charge in [0.15, 0.2) is 11.5 Å². The van der Waals surface area contributed by atoms with Crippen LogP contribution in [0.1, 0.15) is 52.2 Å². The van der Waals surface area contributed by atoms with Crippen molar-refractivity contribution in [3.63, 3.8) is 0 Å². The molecule has 2 rings (SSSR count). The highest BCUT2D eigenvalue weighted by Gasteiger charge is 2.26. The molecule has 186 valence electrons. The second-order valence-electron chi connectivity index (χ2n) is 8.61. The maximum Gasteiger partial charge on any atom is 0.242 e. The number of nitrogens with one attached hydrogen (secondary N) is 1. The maximum atomic E-state index is 13.3. The number of nitrogens with zero attached hydrogens (tertiary/aromatic N) is 1. The quantitative estimate of drug-likeness (QED) is 0.376. The Kier molecular flexibility index (Phi) is 11.4. The van der Waals surface area contributed by atoms with Gasteiger partial charge in [-0.05, 0) is 68.5 Å². The predicted octanol–water partition coefficient (Wildman–Crippen LogP) is 5.37. The molecule has 0 saturated heterocycles. The van der Waals surface area contributed by atoms with Crippen molar-refractivity contribution in [2.45, 2.75) is 60.0 Å². The summed E-state index contributed by atoms with van der Waals surface area (Å²) in [5, 5.41) is 2.96. The second-order valence-corrected chi connectivity index (χ2v) is 9.53. The molecule has 0 radical (unpaired) electrons. The summed E-state index contributed by atoms with van der Waals surface area (Å²) < 4.78 is 12.3. The van der Waals surface area contributed by atoms with Crippen LogP contribution >= 0.6 is 15.9 Å². The van der Waals surface area contributed by atoms with Crippen molar-refractivity contribution in [1.82, 2.24) is 10.2 Å². The van der Waals surface area contributed by atoms with E-state index in [1.807, 2.05) is 70.2 Å². The van der Waals surface area contributed by atoms with Gasteiger partial charge in [-0.1, -0.05) is 48.0 Å². The molecule has 2 aromatic carbocycles. The normalized spacial score (nSPS) is 11.7. The number of benzene rings is 2. The first-order chi connectivity index (χ1) is 16.2. The van der Waals surface area contributed by atoms with Crippen molar-refractivity contribution < 1.29 is 19.1 Å². The van der Waals surface area contributed by atoms with Crippen LogP contribution < -0.4 is 14.8 Å². The Morgan fingerprint density at radius 3 is 2.32 bits per heavy atom. The summed E-state index contributed by atoms with van der Waals surface area (Å²) in [6.45, 7) is 11.8. The highest BCUT2D eigenvalue weighted by atomic mass is 79.9. The lowest BCUT2D eigenvalue weighted by atomic mass is 10.1. The van der Waals surface area contributed by atoms with Crippen molar-refractivity contribution >= 4 is 27.7 Å². The lowest BCUT2D eigenvalue weighted by Gasteiger charge is -2.29. The molecule has 0 saturated carbocycles. The SMILES string of the molecule is CCOc1ccc(CCC(=O)N(Cc2cccc(Br)c2)[C@H](C)C(=O)NCC(C)C)cc1OCC. The van der Waals surface area contributed by atoms with Crippen LogP contribution in [-0.4, -0.2) is 42.5 Å². The summed E-state index contributed by atoms with van der Waals surface area (Å²) in [6, 6.07) is 13.0. The van der Waals surface area contributed by atoms with Gasteiger partial charge in [0.05, 0.1) is 13.2 Å². The largest absolute Gasteiger partial charge is 0.490 e. The lowest BCUT2D eigenvalue weighted by Crippen LogP contribution is -2.48. The Balaban J connectivity index is 2.17. The third-order valence-electron chi connectivity index (χ3n) is 5.33. The van der Waals surface area contributed by atoms with Gasteiger partial charge >= 0.3 is 0 Å². The molecule has 0 bridgehead atoms. The number of carbonyl (C=O) groups excluding carboxylic acids is 2. The highest BCUT2D eigenvalue weighted by molar-refractivity contribution is 9.10. The van der Waals surface area contributed by atoms with Crippen LogP contribution in [0.3, 0.4) is 0 Å². The summed E-state index contributed by atoms with van der Waals surface area (Å²) in [5.41, 5.74) is 1.95. The highest BCUT2D eigenvalue weighted by Crippen LogP contribution is 2.29. The van der Waals surface area contributed by atoms with Gasteiger partial charge in [-0.25, -0.2) is 0 Å². The molecule has 2 aromatic rings. The molecule has 0 aliphatic carbocycles. The fourth-order valence-corrected chi connectivity index (χ4v) is 3.96. The van der Waals surface area contributed by atoms with Crippen molar-refractivity contribution in [2.75, 3.05) is 19.8 Å². The van der Waals surface area contributed by atoms with Gasteiger partial charge in [0.1, 0.15) is 6.04 Å². The first kappa shape index (κ1) is 27.7. The number of halogens is 1. The van der Waals surface area contributed by atoms with Crippen molar-refractivity contribution in [3.8, 4) is 11.5 Å². The molecule has 6 nitrogen and oxygen atoms in total. The molecule has 0 spiro atoms. The number of hydrogen-bond acceptors (Lipinski definition) is 4. The topological polar surface area (TPSA) is 67.9 Å². The Morgan fingerprint density at radius 2 is 1.68 bits per heavy atom. The maximum absolute atomic E-state index is 13.3. The zero-order chi connectivity index (χ0) is 25.1. The van der Waals surface area contributed by atoms with E-state index in [-0.39, 0.29) is 18.2 Å². The molecule has 1 N–H and O–H groups in total. The molecule has 34 heavy (non-hydrogen) atoms. The van der Waals surface area contributed by atoms with Crippen LogP contribution in [0.4, 0.5) is 0 Å². The van der Waals surface area contributed by atoms with Gasteiger partial charge in [0, 0.05) is 24.0 Å². The fraction of sp³-hybridized carbons (Fsp3) is 0.481. The summed E-state index contributed by atoms with van der Waals surface area (Å²) in [6.07, 6.45) is 0.829. The minimum Gasteiger partial charge on any atom is -0.490 e. The van der Waals surface area contributed by atoms with E-state index in [1.165, 1.54) is 0 Å². The van der Waals surface area contributed by atoms with Gasteiger partial charge in [0.2, 0.25) is 11.8 Å². The summed E-state index contributed by atoms with van der Waals surface area (Å²) >= 11 is 3.49. The van der Waals surface area contributed by atoms with Crippen molar-refractivity contribution in [3.05, 3.63) is 58.1 Å². The third-order valence-corrected chi connectivity index (χ3v) is 5.82. The van der Waals surface area contributed by atoms with Gasteiger partial charge in [0.25, 0.3) is 0 Å².